The van der Waals surface area contributed by atoms with Crippen molar-refractivity contribution < 1.29 is 8.42 Å². The number of likely N-dealkylation sites (N-methyl/N-ethyl adjacent to an activating group) is 1. The number of nitrogens with zero attached hydrogens (tertiary/aromatic N) is 1. The molecule has 1 unspecified atom stereocenters. The minimum atomic E-state index is -2.70. The number of sulfone groups is 1. The second kappa shape index (κ2) is 3.22. The van der Waals surface area contributed by atoms with E-state index in [-0.39, 0.29) is 0 Å². The third-order valence-corrected chi connectivity index (χ3v) is 4.79. The lowest BCUT2D eigenvalue weighted by Gasteiger charge is -2.42. The molecule has 2 saturated heterocycles. The van der Waals surface area contributed by atoms with Crippen molar-refractivity contribution in [1.82, 2.24) is 10.2 Å². The monoisotopic (exact) mass is 204 g/mol. The topological polar surface area (TPSA) is 49.4 Å². The third kappa shape index (κ3) is 1.87. The van der Waals surface area contributed by atoms with E-state index in [4.69, 9.17) is 0 Å². The first-order valence-electron chi connectivity index (χ1n) is 4.72. The lowest BCUT2D eigenvalue weighted by Crippen LogP contribution is -2.60. The van der Waals surface area contributed by atoms with Crippen LogP contribution in [0.4, 0.5) is 0 Å². The van der Waals surface area contributed by atoms with Gasteiger partial charge in [-0.2, -0.15) is 0 Å². The van der Waals surface area contributed by atoms with Crippen LogP contribution >= 0.6 is 0 Å². The predicted molar refractivity (Wildman–Crippen MR) is 51.5 cm³/mol. The zero-order valence-electron chi connectivity index (χ0n) is 7.86. The second-order valence-corrected chi connectivity index (χ2v) is 6.23. The number of rotatable bonds is 2. The molecule has 0 aromatic heterocycles. The first kappa shape index (κ1) is 9.43. The summed E-state index contributed by atoms with van der Waals surface area (Å²) >= 11 is 0. The van der Waals surface area contributed by atoms with Crippen LogP contribution in [0.2, 0.25) is 0 Å². The standard InChI is InChI=1S/C8H16N2O2S/c1-9-7-4-10(5-7)8-2-3-13(11,12)6-8/h7-9H,2-6H2,1H3. The highest BCUT2D eigenvalue weighted by Crippen LogP contribution is 2.22. The summed E-state index contributed by atoms with van der Waals surface area (Å²) in [7, 11) is -0.751. The first-order chi connectivity index (χ1) is 6.11. The predicted octanol–water partition coefficient (Wildman–Crippen LogP) is -0.923. The van der Waals surface area contributed by atoms with Gasteiger partial charge in [-0.15, -0.1) is 0 Å². The fourth-order valence-corrected chi connectivity index (χ4v) is 3.82. The van der Waals surface area contributed by atoms with Gasteiger partial charge in [0, 0.05) is 25.2 Å². The molecule has 13 heavy (non-hydrogen) atoms. The molecule has 0 spiro atoms. The van der Waals surface area contributed by atoms with Gasteiger partial charge >= 0.3 is 0 Å². The number of hydrogen-bond donors (Lipinski definition) is 1. The minimum Gasteiger partial charge on any atom is -0.315 e. The normalized spacial score (nSPS) is 34.7. The maximum Gasteiger partial charge on any atom is 0.151 e. The van der Waals surface area contributed by atoms with Gasteiger partial charge in [-0.05, 0) is 13.5 Å². The van der Waals surface area contributed by atoms with E-state index < -0.39 is 9.84 Å². The van der Waals surface area contributed by atoms with E-state index in [1.807, 2.05) is 7.05 Å². The van der Waals surface area contributed by atoms with Gasteiger partial charge in [0.25, 0.3) is 0 Å². The molecule has 0 bridgehead atoms. The smallest absolute Gasteiger partial charge is 0.151 e. The highest BCUT2D eigenvalue weighted by molar-refractivity contribution is 7.91. The van der Waals surface area contributed by atoms with Crippen LogP contribution in [0, 0.1) is 0 Å². The molecule has 0 amide bonds. The fourth-order valence-electron chi connectivity index (χ4n) is 2.06. The Balaban J connectivity index is 1.85. The molecule has 1 atom stereocenters. The number of nitrogens with one attached hydrogen (secondary N) is 1. The Kier molecular flexibility index (Phi) is 2.33. The minimum absolute atomic E-state index is 0.301. The zero-order valence-corrected chi connectivity index (χ0v) is 8.68. The van der Waals surface area contributed by atoms with E-state index in [1.165, 1.54) is 0 Å². The summed E-state index contributed by atoms with van der Waals surface area (Å²) in [5, 5.41) is 3.18. The first-order valence-corrected chi connectivity index (χ1v) is 6.54. The summed E-state index contributed by atoms with van der Waals surface area (Å²) in [5.74, 6) is 0.766. The molecule has 2 fully saturated rings. The highest BCUT2D eigenvalue weighted by Gasteiger charge is 2.37. The molecular weight excluding hydrogens is 188 g/mol. The second-order valence-electron chi connectivity index (χ2n) is 4.00. The third-order valence-electron chi connectivity index (χ3n) is 3.04. The molecular formula is C8H16N2O2S. The van der Waals surface area contributed by atoms with E-state index in [0.717, 1.165) is 19.5 Å². The molecule has 4 nitrogen and oxygen atoms in total. The maximum absolute atomic E-state index is 11.2. The van der Waals surface area contributed by atoms with Crippen LogP contribution in [0.15, 0.2) is 0 Å². The molecule has 0 aliphatic carbocycles. The molecule has 2 aliphatic heterocycles. The Labute approximate surface area is 79.2 Å². The van der Waals surface area contributed by atoms with E-state index in [2.05, 4.69) is 10.2 Å². The van der Waals surface area contributed by atoms with Crippen LogP contribution in [0.1, 0.15) is 6.42 Å². The Morgan fingerprint density at radius 3 is 2.54 bits per heavy atom. The van der Waals surface area contributed by atoms with Crippen molar-refractivity contribution in [1.29, 1.82) is 0 Å². The van der Waals surface area contributed by atoms with Gasteiger partial charge in [0.05, 0.1) is 11.5 Å². The number of hydrogen-bond acceptors (Lipinski definition) is 4. The van der Waals surface area contributed by atoms with Crippen molar-refractivity contribution in [2.75, 3.05) is 31.6 Å². The van der Waals surface area contributed by atoms with E-state index in [1.54, 1.807) is 0 Å². The van der Waals surface area contributed by atoms with Gasteiger partial charge in [-0.1, -0.05) is 0 Å². The molecule has 0 aromatic rings. The molecule has 2 aliphatic rings. The lowest BCUT2D eigenvalue weighted by molar-refractivity contribution is 0.0912. The van der Waals surface area contributed by atoms with Gasteiger partial charge in [-0.25, -0.2) is 8.42 Å². The maximum atomic E-state index is 11.2. The van der Waals surface area contributed by atoms with Crippen molar-refractivity contribution in [3.63, 3.8) is 0 Å². The van der Waals surface area contributed by atoms with E-state index >= 15 is 0 Å². The van der Waals surface area contributed by atoms with Crippen molar-refractivity contribution in [3.05, 3.63) is 0 Å². The molecule has 2 heterocycles. The van der Waals surface area contributed by atoms with Crippen LogP contribution in [0.5, 0.6) is 0 Å². The van der Waals surface area contributed by atoms with Crippen molar-refractivity contribution in [3.8, 4) is 0 Å². The Hall–Kier alpha value is -0.130. The summed E-state index contributed by atoms with van der Waals surface area (Å²) in [5.41, 5.74) is 0. The number of likely N-dealkylation sites (tertiary alicyclic amines) is 1. The SMILES string of the molecule is CNC1CN(C2CCS(=O)(=O)C2)C1. The average molecular weight is 204 g/mol. The van der Waals surface area contributed by atoms with Crippen molar-refractivity contribution >= 4 is 9.84 Å². The molecule has 76 valence electrons. The molecule has 2 rings (SSSR count). The van der Waals surface area contributed by atoms with Crippen LogP contribution in [0.25, 0.3) is 0 Å². The molecule has 0 radical (unpaired) electrons. The van der Waals surface area contributed by atoms with Gasteiger partial charge in [0.2, 0.25) is 0 Å². The zero-order chi connectivity index (χ0) is 9.47. The van der Waals surface area contributed by atoms with Crippen LogP contribution in [-0.2, 0) is 9.84 Å². The summed E-state index contributed by atoms with van der Waals surface area (Å²) in [6.45, 7) is 2.02. The van der Waals surface area contributed by atoms with Gasteiger partial charge in [0.15, 0.2) is 9.84 Å². The van der Waals surface area contributed by atoms with Crippen molar-refractivity contribution in [2.24, 2.45) is 0 Å². The van der Waals surface area contributed by atoms with E-state index in [0.29, 0.717) is 23.6 Å². The van der Waals surface area contributed by atoms with Crippen LogP contribution in [0.3, 0.4) is 0 Å². The fraction of sp³-hybridized carbons (Fsp3) is 1.00. The van der Waals surface area contributed by atoms with Crippen LogP contribution in [-0.4, -0.2) is 57.0 Å². The summed E-state index contributed by atoms with van der Waals surface area (Å²) in [6, 6.07) is 0.873. The molecule has 1 N–H and O–H groups in total. The molecule has 5 heteroatoms. The molecule has 0 aromatic carbocycles. The molecule has 0 saturated carbocycles. The van der Waals surface area contributed by atoms with E-state index in [9.17, 15) is 8.42 Å². The van der Waals surface area contributed by atoms with Crippen LogP contribution < -0.4 is 5.32 Å². The average Bonchev–Trinajstić information content (AvgIpc) is 2.28. The Bertz CT molecular complexity index is 283. The summed E-state index contributed by atoms with van der Waals surface area (Å²) < 4.78 is 22.4. The largest absolute Gasteiger partial charge is 0.315 e. The quantitative estimate of drug-likeness (QED) is 0.632. The lowest BCUT2D eigenvalue weighted by atomic mass is 10.1. The van der Waals surface area contributed by atoms with Crippen molar-refractivity contribution in [2.45, 2.75) is 18.5 Å². The van der Waals surface area contributed by atoms with Gasteiger partial charge < -0.3 is 5.32 Å². The van der Waals surface area contributed by atoms with Gasteiger partial charge in [-0.3, -0.25) is 4.90 Å². The highest BCUT2D eigenvalue weighted by atomic mass is 32.2. The summed E-state index contributed by atoms with van der Waals surface area (Å²) in [6.07, 6.45) is 0.832. The van der Waals surface area contributed by atoms with Gasteiger partial charge in [0.1, 0.15) is 0 Å². The summed E-state index contributed by atoms with van der Waals surface area (Å²) in [4.78, 5) is 2.27. The Morgan fingerprint density at radius 2 is 2.08 bits per heavy atom. The Morgan fingerprint density at radius 1 is 1.38 bits per heavy atom.